The molecule has 2 nitrogen and oxygen atoms in total. The molecule has 0 saturated heterocycles. The Morgan fingerprint density at radius 3 is 2.39 bits per heavy atom. The molecule has 2 heteroatoms. The zero-order chi connectivity index (χ0) is 16.2. The number of ketones is 1. The standard InChI is InChI=1S/C21H28O2/c1-15(17-7-3-2-4-8-17)21(23)20-12-16(14-22)11-18-9-5-6-10-19(18)13-20/h5-6,9-10,14-17,20H,2-4,7-8,11-13H2,1H3/t15-,16+,20?/m0/s1. The molecule has 1 aromatic rings. The van der Waals surface area contributed by atoms with Gasteiger partial charge in [-0.3, -0.25) is 4.79 Å². The van der Waals surface area contributed by atoms with Gasteiger partial charge in [-0.1, -0.05) is 50.5 Å². The van der Waals surface area contributed by atoms with Gasteiger partial charge in [-0.05, 0) is 49.1 Å². The summed E-state index contributed by atoms with van der Waals surface area (Å²) in [4.78, 5) is 24.6. The van der Waals surface area contributed by atoms with E-state index >= 15 is 0 Å². The first-order chi connectivity index (χ1) is 11.2. The van der Waals surface area contributed by atoms with Crippen molar-refractivity contribution in [2.45, 2.75) is 58.3 Å². The number of benzene rings is 1. The maximum absolute atomic E-state index is 13.1. The number of aldehydes is 1. The number of rotatable bonds is 4. The molecule has 0 heterocycles. The molecule has 1 aromatic carbocycles. The lowest BCUT2D eigenvalue weighted by atomic mass is 9.74. The second kappa shape index (κ2) is 7.42. The molecular weight excluding hydrogens is 284 g/mol. The predicted molar refractivity (Wildman–Crippen MR) is 92.3 cm³/mol. The molecule has 3 atom stereocenters. The molecule has 0 bridgehead atoms. The van der Waals surface area contributed by atoms with Gasteiger partial charge in [0.1, 0.15) is 12.1 Å². The van der Waals surface area contributed by atoms with E-state index in [0.717, 1.165) is 25.5 Å². The van der Waals surface area contributed by atoms with Crippen molar-refractivity contribution in [1.82, 2.24) is 0 Å². The Balaban J connectivity index is 1.77. The van der Waals surface area contributed by atoms with Crippen molar-refractivity contribution in [3.63, 3.8) is 0 Å². The summed E-state index contributed by atoms with van der Waals surface area (Å²) in [5.74, 6) is 1.12. The predicted octanol–water partition coefficient (Wildman–Crippen LogP) is 4.39. The lowest BCUT2D eigenvalue weighted by Crippen LogP contribution is -2.30. The number of fused-ring (bicyclic) bond motifs is 1. The summed E-state index contributed by atoms with van der Waals surface area (Å²) in [5.41, 5.74) is 2.52. The molecule has 2 aliphatic carbocycles. The zero-order valence-corrected chi connectivity index (χ0v) is 14.2. The van der Waals surface area contributed by atoms with Crippen LogP contribution in [0.1, 0.15) is 56.6 Å². The summed E-state index contributed by atoms with van der Waals surface area (Å²) < 4.78 is 0. The third-order valence-corrected chi connectivity index (χ3v) is 6.05. The van der Waals surface area contributed by atoms with Crippen LogP contribution in [0.5, 0.6) is 0 Å². The first-order valence-corrected chi connectivity index (χ1v) is 9.25. The molecule has 23 heavy (non-hydrogen) atoms. The molecule has 1 fully saturated rings. The van der Waals surface area contributed by atoms with Crippen LogP contribution in [0.25, 0.3) is 0 Å². The quantitative estimate of drug-likeness (QED) is 0.610. The SMILES string of the molecule is C[C@H](C(=O)C1Cc2ccccc2C[C@@H](C=O)C1)C1CCCCC1. The number of carbonyl (C=O) groups excluding carboxylic acids is 2. The fourth-order valence-corrected chi connectivity index (χ4v) is 4.59. The Morgan fingerprint density at radius 1 is 1.09 bits per heavy atom. The Hall–Kier alpha value is -1.44. The van der Waals surface area contributed by atoms with E-state index in [-0.39, 0.29) is 17.8 Å². The van der Waals surface area contributed by atoms with Crippen molar-refractivity contribution in [2.75, 3.05) is 0 Å². The van der Waals surface area contributed by atoms with E-state index < -0.39 is 0 Å². The minimum Gasteiger partial charge on any atom is -0.303 e. The van der Waals surface area contributed by atoms with Crippen LogP contribution in [0, 0.1) is 23.7 Å². The number of hydrogen-bond acceptors (Lipinski definition) is 2. The van der Waals surface area contributed by atoms with Crippen LogP contribution in [0.15, 0.2) is 24.3 Å². The van der Waals surface area contributed by atoms with E-state index in [9.17, 15) is 9.59 Å². The van der Waals surface area contributed by atoms with Crippen molar-refractivity contribution >= 4 is 12.1 Å². The van der Waals surface area contributed by atoms with Crippen LogP contribution in [0.4, 0.5) is 0 Å². The highest BCUT2D eigenvalue weighted by Gasteiger charge is 2.33. The molecular formula is C21H28O2. The van der Waals surface area contributed by atoms with Crippen LogP contribution < -0.4 is 0 Å². The Kier molecular flexibility index (Phi) is 5.30. The largest absolute Gasteiger partial charge is 0.303 e. The van der Waals surface area contributed by atoms with Gasteiger partial charge in [0.05, 0.1) is 0 Å². The van der Waals surface area contributed by atoms with Crippen LogP contribution >= 0.6 is 0 Å². The highest BCUT2D eigenvalue weighted by molar-refractivity contribution is 5.84. The topological polar surface area (TPSA) is 34.1 Å². The highest BCUT2D eigenvalue weighted by Crippen LogP contribution is 2.35. The third kappa shape index (κ3) is 3.73. The fraction of sp³-hybridized carbons (Fsp3) is 0.619. The monoisotopic (exact) mass is 312 g/mol. The summed E-state index contributed by atoms with van der Waals surface area (Å²) in [6.45, 7) is 2.13. The summed E-state index contributed by atoms with van der Waals surface area (Å²) in [7, 11) is 0. The van der Waals surface area contributed by atoms with Crippen LogP contribution in [-0.2, 0) is 22.4 Å². The molecule has 0 radical (unpaired) electrons. The summed E-state index contributed by atoms with van der Waals surface area (Å²) in [6.07, 6.45) is 9.67. The minimum absolute atomic E-state index is 0.00819. The number of carbonyl (C=O) groups is 2. The van der Waals surface area contributed by atoms with Crippen LogP contribution in [0.2, 0.25) is 0 Å². The Bertz CT molecular complexity index is 557. The molecule has 0 amide bonds. The molecule has 3 rings (SSSR count). The van der Waals surface area contributed by atoms with E-state index in [1.807, 2.05) is 12.1 Å². The normalized spacial score (nSPS) is 26.8. The highest BCUT2D eigenvalue weighted by atomic mass is 16.1. The van der Waals surface area contributed by atoms with Gasteiger partial charge in [-0.2, -0.15) is 0 Å². The molecule has 0 aliphatic heterocycles. The zero-order valence-electron chi connectivity index (χ0n) is 14.2. The summed E-state index contributed by atoms with van der Waals surface area (Å²) >= 11 is 0. The first-order valence-electron chi connectivity index (χ1n) is 9.25. The maximum atomic E-state index is 13.1. The van der Waals surface area contributed by atoms with E-state index in [1.54, 1.807) is 0 Å². The Labute approximate surface area is 139 Å². The molecule has 0 spiro atoms. The van der Waals surface area contributed by atoms with Crippen molar-refractivity contribution in [1.29, 1.82) is 0 Å². The molecule has 1 unspecified atom stereocenters. The van der Waals surface area contributed by atoms with Gasteiger partial charge in [0, 0.05) is 17.8 Å². The lowest BCUT2D eigenvalue weighted by Gasteiger charge is -2.29. The average Bonchev–Trinajstić information content (AvgIpc) is 2.80. The van der Waals surface area contributed by atoms with Crippen molar-refractivity contribution < 1.29 is 9.59 Å². The smallest absolute Gasteiger partial charge is 0.139 e. The van der Waals surface area contributed by atoms with E-state index in [1.165, 1.54) is 43.2 Å². The molecule has 2 aliphatic rings. The third-order valence-electron chi connectivity index (χ3n) is 6.05. The second-order valence-electron chi connectivity index (χ2n) is 7.59. The second-order valence-corrected chi connectivity index (χ2v) is 7.59. The van der Waals surface area contributed by atoms with Crippen molar-refractivity contribution in [2.24, 2.45) is 23.7 Å². The number of hydrogen-bond donors (Lipinski definition) is 0. The maximum Gasteiger partial charge on any atom is 0.139 e. The first kappa shape index (κ1) is 16.4. The molecule has 0 N–H and O–H groups in total. The van der Waals surface area contributed by atoms with E-state index in [4.69, 9.17) is 0 Å². The van der Waals surface area contributed by atoms with Gasteiger partial charge in [-0.25, -0.2) is 0 Å². The summed E-state index contributed by atoms with van der Waals surface area (Å²) in [5, 5.41) is 0. The molecule has 124 valence electrons. The van der Waals surface area contributed by atoms with E-state index in [0.29, 0.717) is 11.7 Å². The molecule has 1 saturated carbocycles. The van der Waals surface area contributed by atoms with Crippen LogP contribution in [-0.4, -0.2) is 12.1 Å². The molecule has 0 aromatic heterocycles. The minimum atomic E-state index is -0.00819. The van der Waals surface area contributed by atoms with Crippen molar-refractivity contribution in [3.8, 4) is 0 Å². The van der Waals surface area contributed by atoms with Gasteiger partial charge in [-0.15, -0.1) is 0 Å². The fourth-order valence-electron chi connectivity index (χ4n) is 4.59. The van der Waals surface area contributed by atoms with Gasteiger partial charge >= 0.3 is 0 Å². The Morgan fingerprint density at radius 2 is 1.74 bits per heavy atom. The summed E-state index contributed by atoms with van der Waals surface area (Å²) in [6, 6.07) is 8.33. The van der Waals surface area contributed by atoms with Crippen molar-refractivity contribution in [3.05, 3.63) is 35.4 Å². The van der Waals surface area contributed by atoms with Gasteiger partial charge < -0.3 is 4.79 Å². The van der Waals surface area contributed by atoms with Gasteiger partial charge in [0.2, 0.25) is 0 Å². The van der Waals surface area contributed by atoms with Crippen LogP contribution in [0.3, 0.4) is 0 Å². The lowest BCUT2D eigenvalue weighted by molar-refractivity contribution is -0.129. The van der Waals surface area contributed by atoms with Gasteiger partial charge in [0.15, 0.2) is 0 Å². The van der Waals surface area contributed by atoms with E-state index in [2.05, 4.69) is 19.1 Å². The van der Waals surface area contributed by atoms with Gasteiger partial charge in [0.25, 0.3) is 0 Å². The average molecular weight is 312 g/mol. The number of Topliss-reactive ketones (excluding diaryl/α,β-unsaturated/α-hetero) is 1.